The van der Waals surface area contributed by atoms with Gasteiger partial charge in [0.05, 0.1) is 16.9 Å². The smallest absolute Gasteiger partial charge is 0.146 e. The first-order chi connectivity index (χ1) is 17.4. The van der Waals surface area contributed by atoms with Crippen molar-refractivity contribution in [2.45, 2.75) is 20.0 Å². The molecule has 176 valence electrons. The Morgan fingerprint density at radius 1 is 0.778 bits per heavy atom. The highest BCUT2D eigenvalue weighted by Crippen LogP contribution is 2.35. The topological polar surface area (TPSA) is 50.9 Å². The fraction of sp³-hybridized carbons (Fsp3) is 0.0968. The lowest BCUT2D eigenvalue weighted by Gasteiger charge is -2.23. The van der Waals surface area contributed by atoms with Gasteiger partial charge in [-0.1, -0.05) is 72.9 Å². The Hall–Kier alpha value is -4.22. The van der Waals surface area contributed by atoms with E-state index >= 15 is 0 Å². The monoisotopic (exact) mass is 485 g/mol. The van der Waals surface area contributed by atoms with Crippen molar-refractivity contribution < 1.29 is 5.11 Å². The van der Waals surface area contributed by atoms with Gasteiger partial charge in [-0.05, 0) is 55.0 Å². The van der Waals surface area contributed by atoms with Gasteiger partial charge in [0.15, 0.2) is 0 Å². The molecule has 0 spiro atoms. The fourth-order valence-electron chi connectivity index (χ4n) is 4.99. The van der Waals surface area contributed by atoms with Crippen LogP contribution < -0.4 is 10.5 Å². The third-order valence-corrected chi connectivity index (χ3v) is 10.4. The van der Waals surface area contributed by atoms with Crippen LogP contribution in [0.3, 0.4) is 0 Å². The standard InChI is InChI=1S/C31H27N3OSi/c1-21-17-18-32-30(19-21)36(2,3)23-10-8-9-22(20-23)26-16-15-25-24-11-4-5-12-27(24)34(31(25)33-26)28-13-6-7-14-29(28)35/h4-20,35H,1-3H3. The normalized spacial score (nSPS) is 11.9. The summed E-state index contributed by atoms with van der Waals surface area (Å²) in [6.07, 6.45) is 1.91. The average molecular weight is 486 g/mol. The fourth-order valence-corrected chi connectivity index (χ4v) is 7.30. The Labute approximate surface area is 211 Å². The number of rotatable bonds is 4. The molecule has 6 aromatic rings. The van der Waals surface area contributed by atoms with Gasteiger partial charge in [0, 0.05) is 27.8 Å². The Bertz CT molecular complexity index is 1750. The minimum absolute atomic E-state index is 0.229. The number of fused-ring (bicyclic) bond motifs is 3. The molecule has 6 rings (SSSR count). The van der Waals surface area contributed by atoms with E-state index in [9.17, 15) is 5.11 Å². The quantitative estimate of drug-likeness (QED) is 0.308. The summed E-state index contributed by atoms with van der Waals surface area (Å²) in [6, 6.07) is 32.9. The van der Waals surface area contributed by atoms with E-state index in [1.807, 2.05) is 42.6 Å². The number of hydrogen-bond donors (Lipinski definition) is 1. The third-order valence-electron chi connectivity index (χ3n) is 7.08. The van der Waals surface area contributed by atoms with Crippen molar-refractivity contribution >= 4 is 40.5 Å². The zero-order valence-corrected chi connectivity index (χ0v) is 21.6. The van der Waals surface area contributed by atoms with Gasteiger partial charge in [0.2, 0.25) is 0 Å². The Morgan fingerprint density at radius 2 is 1.58 bits per heavy atom. The highest BCUT2D eigenvalue weighted by Gasteiger charge is 2.28. The molecule has 0 aliphatic carbocycles. The molecule has 4 nitrogen and oxygen atoms in total. The second-order valence-electron chi connectivity index (χ2n) is 9.83. The number of phenolic OH excluding ortho intramolecular Hbond substituents is 1. The molecule has 0 atom stereocenters. The number of benzene rings is 3. The van der Waals surface area contributed by atoms with Crippen molar-refractivity contribution in [1.29, 1.82) is 0 Å². The number of pyridine rings is 2. The van der Waals surface area contributed by atoms with Gasteiger partial charge in [-0.3, -0.25) is 9.55 Å². The molecule has 0 aliphatic rings. The average Bonchev–Trinajstić information content (AvgIpc) is 3.22. The molecular formula is C31H27N3OSi. The Morgan fingerprint density at radius 3 is 2.42 bits per heavy atom. The molecule has 0 bridgehead atoms. The molecule has 0 unspecified atom stereocenters. The van der Waals surface area contributed by atoms with Crippen LogP contribution in [-0.4, -0.2) is 27.7 Å². The Kier molecular flexibility index (Phi) is 5.23. The lowest BCUT2D eigenvalue weighted by molar-refractivity contribution is 0.473. The number of aromatic hydroxyl groups is 1. The maximum atomic E-state index is 10.7. The van der Waals surface area contributed by atoms with Crippen molar-refractivity contribution in [3.8, 4) is 22.7 Å². The summed E-state index contributed by atoms with van der Waals surface area (Å²) in [5.41, 5.74) is 5.80. The van der Waals surface area contributed by atoms with E-state index in [0.29, 0.717) is 0 Å². The number of para-hydroxylation sites is 3. The van der Waals surface area contributed by atoms with Crippen molar-refractivity contribution in [2.24, 2.45) is 0 Å². The second kappa shape index (κ2) is 8.47. The van der Waals surface area contributed by atoms with E-state index in [4.69, 9.17) is 9.97 Å². The van der Waals surface area contributed by atoms with Gasteiger partial charge < -0.3 is 5.11 Å². The predicted molar refractivity (Wildman–Crippen MR) is 151 cm³/mol. The predicted octanol–water partition coefficient (Wildman–Crippen LogP) is 6.08. The maximum absolute atomic E-state index is 10.7. The van der Waals surface area contributed by atoms with Crippen molar-refractivity contribution in [3.63, 3.8) is 0 Å². The summed E-state index contributed by atoms with van der Waals surface area (Å²) < 4.78 is 2.06. The van der Waals surface area contributed by atoms with Crippen molar-refractivity contribution in [2.75, 3.05) is 0 Å². The number of aromatic nitrogens is 3. The molecule has 36 heavy (non-hydrogen) atoms. The molecule has 0 amide bonds. The molecule has 0 radical (unpaired) electrons. The molecule has 1 N–H and O–H groups in total. The number of nitrogens with zero attached hydrogens (tertiary/aromatic N) is 3. The van der Waals surface area contributed by atoms with Crippen LogP contribution in [0, 0.1) is 6.92 Å². The molecule has 0 saturated heterocycles. The summed E-state index contributed by atoms with van der Waals surface area (Å²) in [5.74, 6) is 0.229. The van der Waals surface area contributed by atoms with Crippen LogP contribution in [-0.2, 0) is 0 Å². The van der Waals surface area contributed by atoms with Crippen molar-refractivity contribution in [1.82, 2.24) is 14.5 Å². The lowest BCUT2D eigenvalue weighted by atomic mass is 10.1. The van der Waals surface area contributed by atoms with E-state index in [-0.39, 0.29) is 5.75 Å². The zero-order chi connectivity index (χ0) is 24.9. The van der Waals surface area contributed by atoms with Gasteiger partial charge >= 0.3 is 0 Å². The van der Waals surface area contributed by atoms with Crippen LogP contribution in [0.2, 0.25) is 13.1 Å². The van der Waals surface area contributed by atoms with Crippen LogP contribution in [0.15, 0.2) is 103 Å². The molecular weight excluding hydrogens is 458 g/mol. The van der Waals surface area contributed by atoms with Gasteiger partial charge in [0.25, 0.3) is 0 Å². The number of aryl methyl sites for hydroxylation is 1. The minimum Gasteiger partial charge on any atom is -0.506 e. The third kappa shape index (κ3) is 3.60. The first-order valence-electron chi connectivity index (χ1n) is 12.2. The van der Waals surface area contributed by atoms with Crippen molar-refractivity contribution in [3.05, 3.63) is 109 Å². The second-order valence-corrected chi connectivity index (χ2v) is 14.2. The molecule has 3 heterocycles. The maximum Gasteiger partial charge on any atom is 0.146 e. The highest BCUT2D eigenvalue weighted by atomic mass is 28.3. The first kappa shape index (κ1) is 22.3. The highest BCUT2D eigenvalue weighted by molar-refractivity contribution is 7.00. The van der Waals surface area contributed by atoms with Gasteiger partial charge in [-0.2, -0.15) is 0 Å². The number of phenols is 1. The SMILES string of the molecule is Cc1ccnc([Si](C)(C)c2cccc(-c3ccc4c5ccccc5n(-c5ccccc5O)c4n3)c2)c1. The van der Waals surface area contributed by atoms with Crippen LogP contribution in [0.1, 0.15) is 5.56 Å². The number of hydrogen-bond acceptors (Lipinski definition) is 3. The van der Waals surface area contributed by atoms with Gasteiger partial charge in [-0.25, -0.2) is 4.98 Å². The molecule has 3 aromatic carbocycles. The van der Waals surface area contributed by atoms with Crippen LogP contribution >= 0.6 is 0 Å². The van der Waals surface area contributed by atoms with Crippen LogP contribution in [0.4, 0.5) is 0 Å². The first-order valence-corrected chi connectivity index (χ1v) is 15.2. The van der Waals surface area contributed by atoms with E-state index in [0.717, 1.165) is 38.9 Å². The van der Waals surface area contributed by atoms with E-state index in [2.05, 4.69) is 79.2 Å². The van der Waals surface area contributed by atoms with Crippen LogP contribution in [0.25, 0.3) is 38.9 Å². The largest absolute Gasteiger partial charge is 0.506 e. The summed E-state index contributed by atoms with van der Waals surface area (Å²) in [7, 11) is -1.98. The van der Waals surface area contributed by atoms with E-state index < -0.39 is 8.07 Å². The lowest BCUT2D eigenvalue weighted by Crippen LogP contribution is -2.54. The summed E-state index contributed by atoms with van der Waals surface area (Å²) in [4.78, 5) is 9.89. The summed E-state index contributed by atoms with van der Waals surface area (Å²) >= 11 is 0. The molecule has 0 aliphatic heterocycles. The van der Waals surface area contributed by atoms with E-state index in [1.54, 1.807) is 6.07 Å². The van der Waals surface area contributed by atoms with E-state index in [1.165, 1.54) is 16.1 Å². The van der Waals surface area contributed by atoms with Crippen LogP contribution in [0.5, 0.6) is 5.75 Å². The molecule has 5 heteroatoms. The molecule has 3 aromatic heterocycles. The molecule has 0 saturated carbocycles. The van der Waals surface area contributed by atoms with Gasteiger partial charge in [0.1, 0.15) is 19.5 Å². The summed E-state index contributed by atoms with van der Waals surface area (Å²) in [5, 5.41) is 15.4. The molecule has 0 fully saturated rings. The summed E-state index contributed by atoms with van der Waals surface area (Å²) in [6.45, 7) is 6.82. The minimum atomic E-state index is -1.98. The van der Waals surface area contributed by atoms with Gasteiger partial charge in [-0.15, -0.1) is 0 Å². The zero-order valence-electron chi connectivity index (χ0n) is 20.6. The Balaban J connectivity index is 1.54.